The molecule has 21 heavy (non-hydrogen) atoms. The number of ether oxygens (including phenoxy) is 1. The van der Waals surface area contributed by atoms with Gasteiger partial charge in [-0.15, -0.1) is 0 Å². The molecule has 3 rings (SSSR count). The van der Waals surface area contributed by atoms with Gasteiger partial charge in [-0.05, 0) is 44.4 Å². The molecule has 3 heteroatoms. The van der Waals surface area contributed by atoms with Gasteiger partial charge in [-0.2, -0.15) is 0 Å². The largest absolute Gasteiger partial charge is 0.352 e. The molecule has 0 saturated carbocycles. The molecule has 2 aromatic rings. The predicted octanol–water partition coefficient (Wildman–Crippen LogP) is 3.85. The molecule has 0 radical (unpaired) electrons. The standard InChI is InChI=1S/C18H20O2S/c1-14-8-10-16(11-9-14)21(19)17-18(2,20-17)13-12-15-6-4-3-5-7-15/h3-11,17H,12-13H2,1-2H3. The maximum Gasteiger partial charge on any atom is 0.166 e. The Morgan fingerprint density at radius 1 is 1.10 bits per heavy atom. The Morgan fingerprint density at radius 3 is 2.43 bits per heavy atom. The molecule has 110 valence electrons. The highest BCUT2D eigenvalue weighted by atomic mass is 32.2. The Hall–Kier alpha value is -1.45. The van der Waals surface area contributed by atoms with Crippen molar-refractivity contribution in [2.75, 3.05) is 0 Å². The van der Waals surface area contributed by atoms with E-state index in [0.29, 0.717) is 0 Å². The number of rotatable bonds is 5. The van der Waals surface area contributed by atoms with E-state index in [9.17, 15) is 4.21 Å². The van der Waals surface area contributed by atoms with E-state index in [0.717, 1.165) is 17.7 Å². The van der Waals surface area contributed by atoms with Crippen LogP contribution < -0.4 is 0 Å². The van der Waals surface area contributed by atoms with Crippen LogP contribution in [-0.4, -0.2) is 15.2 Å². The molecule has 0 aliphatic carbocycles. The van der Waals surface area contributed by atoms with Crippen molar-refractivity contribution in [3.05, 3.63) is 65.7 Å². The maximum absolute atomic E-state index is 12.5. The van der Waals surface area contributed by atoms with Gasteiger partial charge >= 0.3 is 0 Å². The van der Waals surface area contributed by atoms with E-state index in [1.807, 2.05) is 49.4 Å². The van der Waals surface area contributed by atoms with E-state index in [2.05, 4.69) is 19.1 Å². The molecule has 0 spiro atoms. The second-order valence-electron chi connectivity index (χ2n) is 5.86. The summed E-state index contributed by atoms with van der Waals surface area (Å²) in [5.41, 5.74) is 2.04. The van der Waals surface area contributed by atoms with Gasteiger partial charge in [0.1, 0.15) is 5.60 Å². The third kappa shape index (κ3) is 3.25. The zero-order valence-electron chi connectivity index (χ0n) is 12.4. The van der Waals surface area contributed by atoms with E-state index >= 15 is 0 Å². The van der Waals surface area contributed by atoms with Crippen molar-refractivity contribution in [1.29, 1.82) is 0 Å². The van der Waals surface area contributed by atoms with E-state index in [4.69, 9.17) is 4.74 Å². The molecule has 0 bridgehead atoms. The summed E-state index contributed by atoms with van der Waals surface area (Å²) >= 11 is 0. The highest BCUT2D eigenvalue weighted by molar-refractivity contribution is 7.85. The van der Waals surface area contributed by atoms with Gasteiger partial charge in [0.2, 0.25) is 0 Å². The van der Waals surface area contributed by atoms with Crippen LogP contribution in [0.3, 0.4) is 0 Å². The van der Waals surface area contributed by atoms with Crippen LogP contribution in [0.2, 0.25) is 0 Å². The SMILES string of the molecule is Cc1ccc(S(=O)C2OC2(C)CCc2ccccc2)cc1. The fraction of sp³-hybridized carbons (Fsp3) is 0.333. The van der Waals surface area contributed by atoms with Crippen molar-refractivity contribution in [3.63, 3.8) is 0 Å². The lowest BCUT2D eigenvalue weighted by atomic mass is 10.0. The molecular weight excluding hydrogens is 280 g/mol. The zero-order valence-corrected chi connectivity index (χ0v) is 13.2. The van der Waals surface area contributed by atoms with Crippen LogP contribution in [-0.2, 0) is 22.0 Å². The van der Waals surface area contributed by atoms with Gasteiger partial charge in [-0.3, -0.25) is 4.21 Å². The van der Waals surface area contributed by atoms with Crippen molar-refractivity contribution in [2.45, 2.75) is 42.6 Å². The lowest BCUT2D eigenvalue weighted by molar-refractivity contribution is 0.305. The summed E-state index contributed by atoms with van der Waals surface area (Å²) in [6, 6.07) is 18.2. The van der Waals surface area contributed by atoms with Crippen molar-refractivity contribution in [2.24, 2.45) is 0 Å². The average Bonchev–Trinajstić information content (AvgIpc) is 3.19. The van der Waals surface area contributed by atoms with Gasteiger partial charge in [0.15, 0.2) is 5.44 Å². The van der Waals surface area contributed by atoms with E-state index in [1.165, 1.54) is 11.1 Å². The van der Waals surface area contributed by atoms with Gasteiger partial charge in [0.25, 0.3) is 0 Å². The third-order valence-corrected chi connectivity index (χ3v) is 5.74. The van der Waals surface area contributed by atoms with Crippen LogP contribution >= 0.6 is 0 Å². The fourth-order valence-electron chi connectivity index (χ4n) is 2.49. The normalized spacial score (nSPS) is 25.5. The Labute approximate surface area is 128 Å². The number of aryl methyl sites for hydroxylation is 2. The second kappa shape index (κ2) is 5.74. The quantitative estimate of drug-likeness (QED) is 0.785. The molecule has 1 heterocycles. The fourth-order valence-corrected chi connectivity index (χ4v) is 4.02. The summed E-state index contributed by atoms with van der Waals surface area (Å²) in [7, 11) is -1.08. The second-order valence-corrected chi connectivity index (χ2v) is 7.35. The lowest BCUT2D eigenvalue weighted by Gasteiger charge is -2.07. The molecule has 0 amide bonds. The Balaban J connectivity index is 1.61. The van der Waals surface area contributed by atoms with Crippen LogP contribution in [0.5, 0.6) is 0 Å². The zero-order chi connectivity index (χ0) is 14.9. The number of hydrogen-bond acceptors (Lipinski definition) is 2. The first-order chi connectivity index (χ1) is 10.1. The molecule has 1 aliphatic rings. The molecule has 1 saturated heterocycles. The molecule has 0 aromatic heterocycles. The third-order valence-electron chi connectivity index (χ3n) is 4.02. The maximum atomic E-state index is 12.5. The first-order valence-corrected chi connectivity index (χ1v) is 8.49. The molecule has 1 fully saturated rings. The number of hydrogen-bond donors (Lipinski definition) is 0. The summed E-state index contributed by atoms with van der Waals surface area (Å²) in [6.45, 7) is 4.09. The van der Waals surface area contributed by atoms with Gasteiger partial charge in [0.05, 0.1) is 10.8 Å². The topological polar surface area (TPSA) is 29.6 Å². The molecule has 0 N–H and O–H groups in total. The molecule has 3 atom stereocenters. The summed E-state index contributed by atoms with van der Waals surface area (Å²) in [5, 5.41) is 0. The van der Waals surface area contributed by atoms with E-state index in [1.54, 1.807) is 0 Å². The van der Waals surface area contributed by atoms with E-state index in [-0.39, 0.29) is 11.0 Å². The van der Waals surface area contributed by atoms with Crippen molar-refractivity contribution >= 4 is 10.8 Å². The smallest absolute Gasteiger partial charge is 0.166 e. The van der Waals surface area contributed by atoms with Crippen LogP contribution in [0.1, 0.15) is 24.5 Å². The molecule has 1 aliphatic heterocycles. The average molecular weight is 300 g/mol. The Bertz CT molecular complexity index is 636. The van der Waals surface area contributed by atoms with Crippen LogP contribution in [0, 0.1) is 6.92 Å². The van der Waals surface area contributed by atoms with Gasteiger partial charge in [-0.1, -0.05) is 48.0 Å². The van der Waals surface area contributed by atoms with Gasteiger partial charge in [-0.25, -0.2) is 0 Å². The predicted molar refractivity (Wildman–Crippen MR) is 85.6 cm³/mol. The van der Waals surface area contributed by atoms with Crippen molar-refractivity contribution < 1.29 is 8.95 Å². The molecular formula is C18H20O2S. The summed E-state index contributed by atoms with van der Waals surface area (Å²) in [6.07, 6.45) is 1.86. The number of benzene rings is 2. The van der Waals surface area contributed by atoms with Gasteiger partial charge < -0.3 is 4.74 Å². The summed E-state index contributed by atoms with van der Waals surface area (Å²) in [5.74, 6) is 0. The molecule has 3 unspecified atom stereocenters. The first kappa shape index (κ1) is 14.5. The summed E-state index contributed by atoms with van der Waals surface area (Å²) in [4.78, 5) is 0.856. The number of epoxide rings is 1. The highest BCUT2D eigenvalue weighted by Crippen LogP contribution is 2.44. The Morgan fingerprint density at radius 2 is 1.76 bits per heavy atom. The minimum absolute atomic E-state index is 0.177. The van der Waals surface area contributed by atoms with Crippen LogP contribution in [0.25, 0.3) is 0 Å². The summed E-state index contributed by atoms with van der Waals surface area (Å²) < 4.78 is 18.3. The highest BCUT2D eigenvalue weighted by Gasteiger charge is 2.55. The van der Waals surface area contributed by atoms with Crippen molar-refractivity contribution in [3.8, 4) is 0 Å². The van der Waals surface area contributed by atoms with Crippen molar-refractivity contribution in [1.82, 2.24) is 0 Å². The molecule has 2 nitrogen and oxygen atoms in total. The molecule has 2 aromatic carbocycles. The minimum atomic E-state index is -1.08. The van der Waals surface area contributed by atoms with Gasteiger partial charge in [0, 0.05) is 4.90 Å². The Kier molecular flexibility index (Phi) is 3.96. The van der Waals surface area contributed by atoms with Crippen LogP contribution in [0.15, 0.2) is 59.5 Å². The van der Waals surface area contributed by atoms with E-state index < -0.39 is 10.8 Å². The first-order valence-electron chi connectivity index (χ1n) is 7.27. The lowest BCUT2D eigenvalue weighted by Crippen LogP contribution is -2.15. The monoisotopic (exact) mass is 300 g/mol. The van der Waals surface area contributed by atoms with Crippen LogP contribution in [0.4, 0.5) is 0 Å². The minimum Gasteiger partial charge on any atom is -0.352 e.